The smallest absolute Gasteiger partial charge is 0.330 e. The van der Waals surface area contributed by atoms with E-state index in [4.69, 9.17) is 30.6 Å². The average Bonchev–Trinajstić information content (AvgIpc) is 2.70. The van der Waals surface area contributed by atoms with Crippen molar-refractivity contribution in [3.63, 3.8) is 0 Å². The van der Waals surface area contributed by atoms with Crippen molar-refractivity contribution in [3.05, 3.63) is 0 Å². The number of nitrogens with one attached hydrogen (secondary N) is 2. The summed E-state index contributed by atoms with van der Waals surface area (Å²) < 4.78 is 32.7. The summed E-state index contributed by atoms with van der Waals surface area (Å²) in [5.41, 5.74) is 10.8. The van der Waals surface area contributed by atoms with E-state index in [0.717, 1.165) is 13.0 Å². The van der Waals surface area contributed by atoms with E-state index < -0.39 is 22.4 Å². The first-order chi connectivity index (χ1) is 9.99. The van der Waals surface area contributed by atoms with Crippen molar-refractivity contribution in [3.8, 4) is 0 Å². The van der Waals surface area contributed by atoms with Gasteiger partial charge in [-0.15, -0.1) is 0 Å². The Hall–Kier alpha value is -0.370. The van der Waals surface area contributed by atoms with Crippen LogP contribution in [-0.4, -0.2) is 53.2 Å². The van der Waals surface area contributed by atoms with Gasteiger partial charge in [-0.25, -0.2) is 10.1 Å². The normalized spacial score (nSPS) is 28.0. The molecule has 21 heavy (non-hydrogen) atoms. The molecule has 1 saturated heterocycles. The van der Waals surface area contributed by atoms with Crippen LogP contribution in [0.3, 0.4) is 0 Å². The van der Waals surface area contributed by atoms with Gasteiger partial charge in [0.15, 0.2) is 6.10 Å². The minimum Gasteiger partial charge on any atom is -0.330 e. The quantitative estimate of drug-likeness (QED) is 0.155. The molecule has 1 aliphatic rings. The van der Waals surface area contributed by atoms with Crippen LogP contribution < -0.4 is 28.0 Å². The van der Waals surface area contributed by atoms with E-state index in [1.807, 2.05) is 0 Å². The number of nitrogens with two attached hydrogens (primary N) is 3. The Labute approximate surface area is 124 Å². The Morgan fingerprint density at radius 3 is 2.43 bits per heavy atom. The molecule has 0 aliphatic carbocycles. The maximum atomic E-state index is 11.5. The Balaban J connectivity index is 2.58. The minimum absolute atomic E-state index is 0.330. The summed E-state index contributed by atoms with van der Waals surface area (Å²) in [7, 11) is -4.15. The van der Waals surface area contributed by atoms with E-state index in [1.165, 1.54) is 0 Å². The van der Waals surface area contributed by atoms with Crippen molar-refractivity contribution < 1.29 is 21.6 Å². The zero-order chi connectivity index (χ0) is 15.8. The molecule has 0 radical (unpaired) electrons. The van der Waals surface area contributed by atoms with E-state index in [0.29, 0.717) is 39.0 Å². The fourth-order valence-corrected chi connectivity index (χ4v) is 2.95. The summed E-state index contributed by atoms with van der Waals surface area (Å²) in [5.74, 6) is 3.50. The highest BCUT2D eigenvalue weighted by atomic mass is 32.3. The average molecular weight is 327 g/mol. The molecule has 11 heteroatoms. The lowest BCUT2D eigenvalue weighted by Crippen LogP contribution is -2.57. The maximum Gasteiger partial charge on any atom is 0.404 e. The Kier molecular flexibility index (Phi) is 7.94. The fraction of sp³-hybridized carbons (Fsp3) is 1.00. The topological polar surface area (TPSA) is 164 Å². The zero-order valence-electron chi connectivity index (χ0n) is 11.9. The van der Waals surface area contributed by atoms with Crippen LogP contribution in [0, 0.1) is 0 Å². The Bertz CT molecular complexity index is 395. The maximum absolute atomic E-state index is 11.5. The monoisotopic (exact) mass is 327 g/mol. The Morgan fingerprint density at radius 1 is 1.14 bits per heavy atom. The van der Waals surface area contributed by atoms with Gasteiger partial charge in [0.1, 0.15) is 0 Å². The van der Waals surface area contributed by atoms with Crippen LogP contribution in [0.4, 0.5) is 0 Å². The van der Waals surface area contributed by atoms with Crippen LogP contribution in [0.1, 0.15) is 19.3 Å². The molecule has 2 atom stereocenters. The summed E-state index contributed by atoms with van der Waals surface area (Å²) in [6.45, 7) is 2.64. The predicted octanol–water partition coefficient (Wildman–Crippen LogP) is -2.54. The molecule has 10 nitrogen and oxygen atoms in total. The van der Waals surface area contributed by atoms with Crippen LogP contribution in [-0.2, 0) is 23.6 Å². The van der Waals surface area contributed by atoms with Gasteiger partial charge in [-0.1, -0.05) is 0 Å². The van der Waals surface area contributed by atoms with Crippen LogP contribution in [0.15, 0.2) is 0 Å². The van der Waals surface area contributed by atoms with Gasteiger partial charge in [0.05, 0.1) is 0 Å². The van der Waals surface area contributed by atoms with Crippen LogP contribution in [0.5, 0.6) is 0 Å². The first-order valence-corrected chi connectivity index (χ1v) is 8.20. The molecule has 1 aliphatic heterocycles. The van der Waals surface area contributed by atoms with E-state index in [2.05, 4.69) is 10.6 Å². The summed E-state index contributed by atoms with van der Waals surface area (Å²) in [5, 5.41) is 5.92. The van der Waals surface area contributed by atoms with Crippen molar-refractivity contribution in [2.75, 3.05) is 32.7 Å². The van der Waals surface area contributed by atoms with Crippen LogP contribution in [0.25, 0.3) is 0 Å². The van der Waals surface area contributed by atoms with Gasteiger partial charge in [-0.2, -0.15) is 12.6 Å². The zero-order valence-corrected chi connectivity index (χ0v) is 12.7. The molecule has 0 aromatic heterocycles. The molecule has 1 rings (SSSR count). The standard InChI is InChI=1S/C10H25N5O5S/c11-4-1-6-14-8-3-9-10(19-13,15-7-2-5-12)20-21(16,17)18-9/h9,14-15H,1-8,11-13H2. The van der Waals surface area contributed by atoms with Crippen molar-refractivity contribution in [1.82, 2.24) is 10.6 Å². The van der Waals surface area contributed by atoms with Gasteiger partial charge < -0.3 is 16.8 Å². The number of hydrogen-bond acceptors (Lipinski definition) is 10. The van der Waals surface area contributed by atoms with E-state index in [-0.39, 0.29) is 0 Å². The molecule has 0 saturated carbocycles. The van der Waals surface area contributed by atoms with Crippen molar-refractivity contribution in [2.45, 2.75) is 31.3 Å². The fourth-order valence-electron chi connectivity index (χ4n) is 1.90. The lowest BCUT2D eigenvalue weighted by atomic mass is 10.2. The molecule has 126 valence electrons. The third kappa shape index (κ3) is 5.73. The van der Waals surface area contributed by atoms with E-state index in [1.54, 1.807) is 0 Å². The number of hydrogen-bond donors (Lipinski definition) is 5. The molecule has 0 aromatic carbocycles. The lowest BCUT2D eigenvalue weighted by molar-refractivity contribution is -0.223. The van der Waals surface area contributed by atoms with Crippen molar-refractivity contribution in [2.24, 2.45) is 17.4 Å². The van der Waals surface area contributed by atoms with Crippen molar-refractivity contribution >= 4 is 10.4 Å². The largest absolute Gasteiger partial charge is 0.404 e. The molecule has 1 fully saturated rings. The first-order valence-electron chi connectivity index (χ1n) is 6.87. The summed E-state index contributed by atoms with van der Waals surface area (Å²) in [4.78, 5) is 4.75. The highest BCUT2D eigenvalue weighted by molar-refractivity contribution is 7.82. The molecule has 0 aromatic rings. The van der Waals surface area contributed by atoms with E-state index >= 15 is 0 Å². The molecule has 0 spiro atoms. The second-order valence-corrected chi connectivity index (χ2v) is 5.79. The molecule has 8 N–H and O–H groups in total. The van der Waals surface area contributed by atoms with Crippen molar-refractivity contribution in [1.29, 1.82) is 0 Å². The molecule has 2 unspecified atom stereocenters. The third-order valence-electron chi connectivity index (χ3n) is 2.95. The summed E-state index contributed by atoms with van der Waals surface area (Å²) in [6.07, 6.45) is 0.871. The molecular formula is C10H25N5O5S. The van der Waals surface area contributed by atoms with Gasteiger partial charge in [0.2, 0.25) is 0 Å². The number of rotatable bonds is 11. The second-order valence-electron chi connectivity index (χ2n) is 4.61. The minimum atomic E-state index is -4.15. The van der Waals surface area contributed by atoms with Gasteiger partial charge in [-0.3, -0.25) is 10.2 Å². The molecule has 0 bridgehead atoms. The highest BCUT2D eigenvalue weighted by Crippen LogP contribution is 2.31. The SMILES string of the molecule is NCCCNCCC1OS(=O)(=O)OC1(NCCCN)ON. The summed E-state index contributed by atoms with van der Waals surface area (Å²) in [6, 6.07) is 0. The second kappa shape index (κ2) is 8.92. The van der Waals surface area contributed by atoms with Gasteiger partial charge >= 0.3 is 10.4 Å². The highest BCUT2D eigenvalue weighted by Gasteiger charge is 2.54. The predicted molar refractivity (Wildman–Crippen MR) is 75.7 cm³/mol. The third-order valence-corrected chi connectivity index (χ3v) is 3.87. The lowest BCUT2D eigenvalue weighted by Gasteiger charge is -2.28. The summed E-state index contributed by atoms with van der Waals surface area (Å²) >= 11 is 0. The molecule has 0 amide bonds. The van der Waals surface area contributed by atoms with Gasteiger partial charge in [0, 0.05) is 6.54 Å². The van der Waals surface area contributed by atoms with Gasteiger partial charge in [0.25, 0.3) is 5.91 Å². The van der Waals surface area contributed by atoms with Crippen LogP contribution in [0.2, 0.25) is 0 Å². The molecular weight excluding hydrogens is 302 g/mol. The van der Waals surface area contributed by atoms with Crippen LogP contribution >= 0.6 is 0 Å². The van der Waals surface area contributed by atoms with Gasteiger partial charge in [-0.05, 0) is 45.4 Å². The molecule has 1 heterocycles. The first kappa shape index (κ1) is 18.7. The Morgan fingerprint density at radius 2 is 1.81 bits per heavy atom. The van der Waals surface area contributed by atoms with E-state index in [9.17, 15) is 8.42 Å².